The number of halogens is 1. The van der Waals surface area contributed by atoms with Gasteiger partial charge in [-0.25, -0.2) is 4.98 Å². The van der Waals surface area contributed by atoms with Crippen molar-refractivity contribution >= 4 is 11.8 Å². The summed E-state index contributed by atoms with van der Waals surface area (Å²) < 4.78 is 12.9. The van der Waals surface area contributed by atoms with Crippen LogP contribution < -0.4 is 5.32 Å². The van der Waals surface area contributed by atoms with Gasteiger partial charge in [0.15, 0.2) is 0 Å². The molecule has 0 aliphatic carbocycles. The predicted octanol–water partition coefficient (Wildman–Crippen LogP) is 0.819. The zero-order chi connectivity index (χ0) is 13.5. The van der Waals surface area contributed by atoms with Gasteiger partial charge in [-0.2, -0.15) is 4.39 Å². The van der Waals surface area contributed by atoms with Crippen molar-refractivity contribution in [3.63, 3.8) is 0 Å². The van der Waals surface area contributed by atoms with Crippen molar-refractivity contribution in [2.75, 3.05) is 20.1 Å². The van der Waals surface area contributed by atoms with Crippen molar-refractivity contribution in [1.29, 1.82) is 0 Å². The zero-order valence-electron chi connectivity index (χ0n) is 10.4. The van der Waals surface area contributed by atoms with Crippen LogP contribution >= 0.6 is 0 Å². The van der Waals surface area contributed by atoms with Crippen molar-refractivity contribution in [2.24, 2.45) is 0 Å². The summed E-state index contributed by atoms with van der Waals surface area (Å²) in [6.45, 7) is 2.26. The van der Waals surface area contributed by atoms with Crippen molar-refractivity contribution < 1.29 is 14.0 Å². The van der Waals surface area contributed by atoms with Crippen molar-refractivity contribution in [3.8, 4) is 0 Å². The van der Waals surface area contributed by atoms with Crippen molar-refractivity contribution in [3.05, 3.63) is 29.8 Å². The van der Waals surface area contributed by atoms with E-state index in [1.54, 1.807) is 0 Å². The molecule has 0 radical (unpaired) electrons. The van der Waals surface area contributed by atoms with Gasteiger partial charge in [0.25, 0.3) is 5.91 Å². The summed E-state index contributed by atoms with van der Waals surface area (Å²) >= 11 is 0. The monoisotopic (exact) mass is 253 g/mol. The molecule has 5 nitrogen and oxygen atoms in total. The van der Waals surface area contributed by atoms with Gasteiger partial charge in [-0.15, -0.1) is 0 Å². The third-order valence-corrected chi connectivity index (χ3v) is 2.33. The van der Waals surface area contributed by atoms with Gasteiger partial charge in [0.2, 0.25) is 11.9 Å². The Labute approximate surface area is 105 Å². The van der Waals surface area contributed by atoms with Crippen LogP contribution in [0.5, 0.6) is 0 Å². The molecule has 0 aromatic carbocycles. The van der Waals surface area contributed by atoms with Crippen LogP contribution in [0.15, 0.2) is 18.2 Å². The normalized spacial score (nSPS) is 9.94. The lowest BCUT2D eigenvalue weighted by Gasteiger charge is -2.20. The fraction of sp³-hybridized carbons (Fsp3) is 0.417. The topological polar surface area (TPSA) is 62.3 Å². The number of hydrogen-bond acceptors (Lipinski definition) is 3. The number of pyridine rings is 1. The van der Waals surface area contributed by atoms with E-state index in [2.05, 4.69) is 10.3 Å². The Hall–Kier alpha value is -1.98. The second kappa shape index (κ2) is 6.68. The van der Waals surface area contributed by atoms with Gasteiger partial charge in [0.05, 0.1) is 6.54 Å². The van der Waals surface area contributed by atoms with E-state index in [0.717, 1.165) is 0 Å². The molecular weight excluding hydrogens is 237 g/mol. The highest BCUT2D eigenvalue weighted by Gasteiger charge is 2.18. The highest BCUT2D eigenvalue weighted by Crippen LogP contribution is 2.04. The van der Waals surface area contributed by atoms with E-state index >= 15 is 0 Å². The summed E-state index contributed by atoms with van der Waals surface area (Å²) in [6, 6.07) is 4.01. The van der Waals surface area contributed by atoms with Crippen LogP contribution in [0.25, 0.3) is 0 Å². The highest BCUT2D eigenvalue weighted by molar-refractivity contribution is 5.94. The van der Waals surface area contributed by atoms with Crippen LogP contribution in [0, 0.1) is 5.95 Å². The van der Waals surface area contributed by atoms with E-state index in [-0.39, 0.29) is 18.1 Å². The first-order valence-corrected chi connectivity index (χ1v) is 5.71. The summed E-state index contributed by atoms with van der Waals surface area (Å²) in [5.74, 6) is -1.43. The molecule has 18 heavy (non-hydrogen) atoms. The standard InChI is InChI=1S/C12H16FN3O2/c1-3-7-16(8-11(17)14-2)12(18)9-5-4-6-10(13)15-9/h4-6H,3,7-8H2,1-2H3,(H,14,17). The number of carbonyl (C=O) groups excluding carboxylic acids is 2. The van der Waals surface area contributed by atoms with Gasteiger partial charge >= 0.3 is 0 Å². The molecule has 0 unspecified atom stereocenters. The minimum absolute atomic E-state index is 0.00681. The Balaban J connectivity index is 2.85. The van der Waals surface area contributed by atoms with E-state index < -0.39 is 11.9 Å². The number of nitrogens with one attached hydrogen (secondary N) is 1. The number of amides is 2. The molecule has 0 spiro atoms. The van der Waals surface area contributed by atoms with Gasteiger partial charge in [-0.05, 0) is 18.6 Å². The molecule has 98 valence electrons. The third-order valence-electron chi connectivity index (χ3n) is 2.33. The van der Waals surface area contributed by atoms with Crippen molar-refractivity contribution in [1.82, 2.24) is 15.2 Å². The highest BCUT2D eigenvalue weighted by atomic mass is 19.1. The lowest BCUT2D eigenvalue weighted by atomic mass is 10.3. The quantitative estimate of drug-likeness (QED) is 0.790. The lowest BCUT2D eigenvalue weighted by Crippen LogP contribution is -2.40. The summed E-state index contributed by atoms with van der Waals surface area (Å²) in [7, 11) is 1.50. The molecule has 0 aliphatic heterocycles. The molecule has 2 amide bonds. The van der Waals surface area contributed by atoms with Crippen LogP contribution in [0.3, 0.4) is 0 Å². The number of likely N-dealkylation sites (N-methyl/N-ethyl adjacent to an activating group) is 1. The van der Waals surface area contributed by atoms with E-state index in [1.807, 2.05) is 6.92 Å². The summed E-state index contributed by atoms with van der Waals surface area (Å²) in [6.07, 6.45) is 0.706. The number of nitrogens with zero attached hydrogens (tertiary/aromatic N) is 2. The Bertz CT molecular complexity index is 437. The molecule has 0 fully saturated rings. The minimum Gasteiger partial charge on any atom is -0.358 e. The van der Waals surface area contributed by atoms with E-state index in [9.17, 15) is 14.0 Å². The Kier molecular flexibility index (Phi) is 5.23. The number of rotatable bonds is 5. The summed E-state index contributed by atoms with van der Waals surface area (Å²) in [4.78, 5) is 28.2. The van der Waals surface area contributed by atoms with Crippen molar-refractivity contribution in [2.45, 2.75) is 13.3 Å². The number of carbonyl (C=O) groups is 2. The average molecular weight is 253 g/mol. The second-order valence-electron chi connectivity index (χ2n) is 3.75. The zero-order valence-corrected chi connectivity index (χ0v) is 10.4. The molecule has 1 heterocycles. The smallest absolute Gasteiger partial charge is 0.273 e. The molecule has 0 saturated heterocycles. The second-order valence-corrected chi connectivity index (χ2v) is 3.75. The summed E-state index contributed by atoms with van der Waals surface area (Å²) in [5, 5.41) is 2.44. The number of aromatic nitrogens is 1. The Morgan fingerprint density at radius 3 is 2.72 bits per heavy atom. The fourth-order valence-electron chi connectivity index (χ4n) is 1.46. The van der Waals surface area contributed by atoms with Gasteiger partial charge < -0.3 is 10.2 Å². The summed E-state index contributed by atoms with van der Waals surface area (Å²) in [5.41, 5.74) is 0.00681. The van der Waals surface area contributed by atoms with Gasteiger partial charge in [-0.3, -0.25) is 9.59 Å². The molecular formula is C12H16FN3O2. The molecule has 0 aliphatic rings. The minimum atomic E-state index is -0.711. The number of hydrogen-bond donors (Lipinski definition) is 1. The molecule has 1 rings (SSSR count). The average Bonchev–Trinajstić information content (AvgIpc) is 2.37. The molecule has 1 aromatic heterocycles. The molecule has 1 N–H and O–H groups in total. The van der Waals surface area contributed by atoms with Crippen LogP contribution in [0.1, 0.15) is 23.8 Å². The lowest BCUT2D eigenvalue weighted by molar-refractivity contribution is -0.121. The molecule has 0 atom stereocenters. The van der Waals surface area contributed by atoms with Gasteiger partial charge in [0, 0.05) is 13.6 Å². The Morgan fingerprint density at radius 1 is 1.44 bits per heavy atom. The van der Waals surface area contributed by atoms with E-state index in [1.165, 1.54) is 30.1 Å². The van der Waals surface area contributed by atoms with E-state index in [4.69, 9.17) is 0 Å². The third kappa shape index (κ3) is 3.80. The molecule has 1 aromatic rings. The first-order valence-electron chi connectivity index (χ1n) is 5.71. The van der Waals surface area contributed by atoms with E-state index in [0.29, 0.717) is 13.0 Å². The largest absolute Gasteiger partial charge is 0.358 e. The first kappa shape index (κ1) is 14.1. The molecule has 6 heteroatoms. The van der Waals surface area contributed by atoms with Crippen LogP contribution in [-0.2, 0) is 4.79 Å². The van der Waals surface area contributed by atoms with Gasteiger partial charge in [0.1, 0.15) is 5.69 Å². The first-order chi connectivity index (χ1) is 8.58. The maximum atomic E-state index is 12.9. The van der Waals surface area contributed by atoms with Crippen LogP contribution in [0.2, 0.25) is 0 Å². The van der Waals surface area contributed by atoms with Crippen LogP contribution in [-0.4, -0.2) is 41.8 Å². The predicted molar refractivity (Wildman–Crippen MR) is 64.5 cm³/mol. The van der Waals surface area contributed by atoms with Crippen LogP contribution in [0.4, 0.5) is 4.39 Å². The Morgan fingerprint density at radius 2 is 2.17 bits per heavy atom. The maximum absolute atomic E-state index is 12.9. The fourth-order valence-corrected chi connectivity index (χ4v) is 1.46. The maximum Gasteiger partial charge on any atom is 0.273 e. The molecule has 0 bridgehead atoms. The van der Waals surface area contributed by atoms with Gasteiger partial charge in [-0.1, -0.05) is 13.0 Å². The SMILES string of the molecule is CCCN(CC(=O)NC)C(=O)c1cccc(F)n1. The molecule has 0 saturated carbocycles.